The molecule has 1 aromatic heterocycles. The van der Waals surface area contributed by atoms with Gasteiger partial charge < -0.3 is 16.8 Å². The van der Waals surface area contributed by atoms with Crippen LogP contribution in [0.4, 0.5) is 17.3 Å². The van der Waals surface area contributed by atoms with Crippen LogP contribution in [-0.2, 0) is 0 Å². The van der Waals surface area contributed by atoms with Crippen LogP contribution in [-0.4, -0.2) is 27.5 Å². The molecule has 0 amide bonds. The first-order chi connectivity index (χ1) is 13.4. The lowest BCUT2D eigenvalue weighted by atomic mass is 9.87. The van der Waals surface area contributed by atoms with Crippen molar-refractivity contribution in [2.24, 2.45) is 21.5 Å². The van der Waals surface area contributed by atoms with Gasteiger partial charge >= 0.3 is 0 Å². The molecule has 0 atom stereocenters. The van der Waals surface area contributed by atoms with Gasteiger partial charge in [-0.1, -0.05) is 6.42 Å². The van der Waals surface area contributed by atoms with Crippen LogP contribution in [0.25, 0.3) is 0 Å². The second-order valence-electron chi connectivity index (χ2n) is 7.46. The van der Waals surface area contributed by atoms with Gasteiger partial charge in [-0.2, -0.15) is 4.99 Å². The first-order valence-corrected chi connectivity index (χ1v) is 9.64. The Morgan fingerprint density at radius 1 is 0.964 bits per heavy atom. The molecular weight excluding hydrogens is 352 g/mol. The number of nitrogens with two attached hydrogens (primary N) is 2. The number of hydrogen-bond acceptors (Lipinski definition) is 8. The Balaban J connectivity index is 1.61. The van der Waals surface area contributed by atoms with Crippen molar-refractivity contribution in [3.63, 3.8) is 0 Å². The summed E-state index contributed by atoms with van der Waals surface area (Å²) in [6.07, 6.45) is 5.25. The van der Waals surface area contributed by atoms with Crippen LogP contribution in [0.3, 0.4) is 0 Å². The molecule has 2 heterocycles. The third-order valence-electron chi connectivity index (χ3n) is 5.22. The third kappa shape index (κ3) is 3.49. The van der Waals surface area contributed by atoms with Gasteiger partial charge in [-0.25, -0.2) is 15.0 Å². The number of rotatable bonds is 3. The van der Waals surface area contributed by atoms with Gasteiger partial charge in [0.1, 0.15) is 5.66 Å². The highest BCUT2D eigenvalue weighted by Gasteiger charge is 2.42. The standard InChI is InChI=1S/C20H26N8/c1-13-12-14(2)24-19(23-13)25-15-6-8-16(9-7-15)28-18(22)26-17(21)27-20(28)10-4-3-5-11-20/h6-9,12H,3-5,10-11H2,1-2H3,(H,23,24,25)(H4,21,22,26,27). The zero-order valence-electron chi connectivity index (χ0n) is 16.3. The van der Waals surface area contributed by atoms with Crippen molar-refractivity contribution in [3.05, 3.63) is 41.7 Å². The summed E-state index contributed by atoms with van der Waals surface area (Å²) in [5.41, 5.74) is 15.5. The highest BCUT2D eigenvalue weighted by atomic mass is 15.4. The van der Waals surface area contributed by atoms with E-state index in [1.807, 2.05) is 49.1 Å². The number of aromatic nitrogens is 2. The van der Waals surface area contributed by atoms with Gasteiger partial charge in [0.05, 0.1) is 0 Å². The lowest BCUT2D eigenvalue weighted by molar-refractivity contribution is 0.305. The number of aliphatic imine (C=N–C) groups is 2. The molecule has 1 aliphatic carbocycles. The third-order valence-corrected chi connectivity index (χ3v) is 5.22. The Bertz CT molecular complexity index is 905. The molecule has 146 valence electrons. The summed E-state index contributed by atoms with van der Waals surface area (Å²) in [6.45, 7) is 3.91. The van der Waals surface area contributed by atoms with Gasteiger partial charge in [0.25, 0.3) is 0 Å². The Hall–Kier alpha value is -3.16. The van der Waals surface area contributed by atoms with E-state index < -0.39 is 5.66 Å². The second-order valence-corrected chi connectivity index (χ2v) is 7.46. The Morgan fingerprint density at radius 3 is 2.25 bits per heavy atom. The SMILES string of the molecule is Cc1cc(C)nc(Nc2ccc(N3C(N)=NC(N)=NC34CCCCC4)cc2)n1. The normalized spacial score (nSPS) is 18.6. The summed E-state index contributed by atoms with van der Waals surface area (Å²) in [5.74, 6) is 1.25. The minimum absolute atomic E-state index is 0.265. The van der Waals surface area contributed by atoms with E-state index in [-0.39, 0.29) is 5.96 Å². The van der Waals surface area contributed by atoms with Crippen LogP contribution in [0, 0.1) is 13.8 Å². The van der Waals surface area contributed by atoms with Gasteiger partial charge in [-0.15, -0.1) is 0 Å². The summed E-state index contributed by atoms with van der Waals surface area (Å²) in [6, 6.07) is 9.95. The van der Waals surface area contributed by atoms with Crippen LogP contribution in [0.1, 0.15) is 43.5 Å². The second kappa shape index (κ2) is 7.10. The summed E-state index contributed by atoms with van der Waals surface area (Å²) in [5, 5.41) is 3.26. The molecule has 28 heavy (non-hydrogen) atoms. The average Bonchev–Trinajstić information content (AvgIpc) is 2.62. The molecule has 1 aliphatic heterocycles. The van der Waals surface area contributed by atoms with E-state index in [1.54, 1.807) is 0 Å². The number of benzene rings is 1. The van der Waals surface area contributed by atoms with Gasteiger partial charge in [0.15, 0.2) is 0 Å². The van der Waals surface area contributed by atoms with Crippen LogP contribution in [0.5, 0.6) is 0 Å². The van der Waals surface area contributed by atoms with Crippen molar-refractivity contribution < 1.29 is 0 Å². The maximum Gasteiger partial charge on any atom is 0.227 e. The molecule has 1 saturated carbocycles. The first kappa shape index (κ1) is 18.2. The molecule has 8 heteroatoms. The fourth-order valence-corrected chi connectivity index (χ4v) is 4.10. The largest absolute Gasteiger partial charge is 0.369 e. The van der Waals surface area contributed by atoms with Crippen molar-refractivity contribution >= 4 is 29.2 Å². The molecule has 8 nitrogen and oxygen atoms in total. The van der Waals surface area contributed by atoms with Gasteiger partial charge in [-0.3, -0.25) is 4.90 Å². The summed E-state index contributed by atoms with van der Waals surface area (Å²) in [7, 11) is 0. The highest BCUT2D eigenvalue weighted by Crippen LogP contribution is 2.39. The predicted octanol–water partition coefficient (Wildman–Crippen LogP) is 2.95. The van der Waals surface area contributed by atoms with E-state index in [4.69, 9.17) is 16.5 Å². The van der Waals surface area contributed by atoms with Crippen LogP contribution >= 0.6 is 0 Å². The fraction of sp³-hybridized carbons (Fsp3) is 0.400. The van der Waals surface area contributed by atoms with E-state index in [9.17, 15) is 0 Å². The van der Waals surface area contributed by atoms with Crippen molar-refractivity contribution in [1.82, 2.24) is 9.97 Å². The van der Waals surface area contributed by atoms with Crippen LogP contribution in [0.2, 0.25) is 0 Å². The summed E-state index contributed by atoms with van der Waals surface area (Å²) < 4.78 is 0. The van der Waals surface area contributed by atoms with Gasteiger partial charge in [-0.05, 0) is 69.9 Å². The zero-order chi connectivity index (χ0) is 19.7. The van der Waals surface area contributed by atoms with E-state index in [1.165, 1.54) is 6.42 Å². The maximum absolute atomic E-state index is 6.28. The topological polar surface area (TPSA) is 118 Å². The molecule has 0 saturated heterocycles. The van der Waals surface area contributed by atoms with Gasteiger partial charge in [0, 0.05) is 22.8 Å². The smallest absolute Gasteiger partial charge is 0.227 e. The molecule has 4 rings (SSSR count). The maximum atomic E-state index is 6.28. The quantitative estimate of drug-likeness (QED) is 0.756. The molecule has 0 radical (unpaired) electrons. The monoisotopic (exact) mass is 378 g/mol. The first-order valence-electron chi connectivity index (χ1n) is 9.64. The van der Waals surface area contributed by atoms with Crippen molar-refractivity contribution in [3.8, 4) is 0 Å². The minimum Gasteiger partial charge on any atom is -0.369 e. The number of anilines is 3. The number of nitrogens with zero attached hydrogens (tertiary/aromatic N) is 5. The molecule has 2 aliphatic rings. The number of aryl methyl sites for hydroxylation is 2. The molecule has 2 aromatic rings. The zero-order valence-corrected chi connectivity index (χ0v) is 16.3. The molecule has 0 bridgehead atoms. The Kier molecular flexibility index (Phi) is 4.62. The fourth-order valence-electron chi connectivity index (χ4n) is 4.10. The minimum atomic E-state index is -0.431. The number of guanidine groups is 2. The molecule has 5 N–H and O–H groups in total. The van der Waals surface area contributed by atoms with Crippen molar-refractivity contribution in [2.45, 2.75) is 51.6 Å². The Labute approximate surface area is 164 Å². The van der Waals surface area contributed by atoms with Crippen molar-refractivity contribution in [1.29, 1.82) is 0 Å². The molecule has 1 fully saturated rings. The number of nitrogens with one attached hydrogen (secondary N) is 1. The molecule has 0 unspecified atom stereocenters. The number of hydrogen-bond donors (Lipinski definition) is 3. The van der Waals surface area contributed by atoms with Crippen LogP contribution in [0.15, 0.2) is 40.3 Å². The molecule has 1 spiro atoms. The highest BCUT2D eigenvalue weighted by molar-refractivity contribution is 6.05. The van der Waals surface area contributed by atoms with Gasteiger partial charge in [0.2, 0.25) is 17.9 Å². The molecular formula is C20H26N8. The average molecular weight is 378 g/mol. The Morgan fingerprint density at radius 2 is 1.61 bits per heavy atom. The van der Waals surface area contributed by atoms with Crippen LogP contribution < -0.4 is 21.7 Å². The lowest BCUT2D eigenvalue weighted by Crippen LogP contribution is -2.58. The van der Waals surface area contributed by atoms with E-state index in [0.717, 1.165) is 48.4 Å². The summed E-state index contributed by atoms with van der Waals surface area (Å²) in [4.78, 5) is 19.8. The molecule has 1 aromatic carbocycles. The predicted molar refractivity (Wildman–Crippen MR) is 113 cm³/mol. The van der Waals surface area contributed by atoms with E-state index in [2.05, 4.69) is 20.3 Å². The summed E-state index contributed by atoms with van der Waals surface area (Å²) >= 11 is 0. The lowest BCUT2D eigenvalue weighted by Gasteiger charge is -2.45. The van der Waals surface area contributed by atoms with E-state index in [0.29, 0.717) is 11.9 Å². The van der Waals surface area contributed by atoms with Crippen molar-refractivity contribution in [2.75, 3.05) is 10.2 Å². The van der Waals surface area contributed by atoms with E-state index >= 15 is 0 Å².